The number of likely N-dealkylation sites (N-methyl/N-ethyl adjacent to an activating group) is 1. The second-order valence-corrected chi connectivity index (χ2v) is 5.75. The molecule has 0 radical (unpaired) electrons. The molecule has 1 saturated heterocycles. The Morgan fingerprint density at radius 1 is 1.35 bits per heavy atom. The number of hydrogen-bond donors (Lipinski definition) is 2. The van der Waals surface area contributed by atoms with Gasteiger partial charge in [0.25, 0.3) is 0 Å². The van der Waals surface area contributed by atoms with Crippen LogP contribution in [0.5, 0.6) is 0 Å². The molecule has 20 heavy (non-hydrogen) atoms. The number of hydrogen-bond acceptors (Lipinski definition) is 4. The Hall–Kier alpha value is -2.01. The third-order valence-electron chi connectivity index (χ3n) is 4.39. The Balaban J connectivity index is 1.74. The van der Waals surface area contributed by atoms with Gasteiger partial charge in [0.05, 0.1) is 0 Å². The fourth-order valence-corrected chi connectivity index (χ4v) is 3.26. The molecule has 4 rings (SSSR count). The summed E-state index contributed by atoms with van der Waals surface area (Å²) in [5, 5.41) is 5.41. The van der Waals surface area contributed by atoms with Crippen LogP contribution in [0.3, 0.4) is 0 Å². The molecule has 1 atom stereocenters. The van der Waals surface area contributed by atoms with Gasteiger partial charge in [0.2, 0.25) is 0 Å². The summed E-state index contributed by atoms with van der Waals surface area (Å²) in [5.74, 6) is 0.648. The maximum atomic E-state index is 4.06. The molecule has 104 valence electrons. The predicted octanol–water partition coefficient (Wildman–Crippen LogP) is 1.90. The number of H-pyrrole nitrogens is 1. The molecule has 0 saturated carbocycles. The normalized spacial score (nSPS) is 22.9. The molecule has 2 aliphatic heterocycles. The highest BCUT2D eigenvalue weighted by Crippen LogP contribution is 2.33. The van der Waals surface area contributed by atoms with Crippen LogP contribution in [0.15, 0.2) is 29.5 Å². The third-order valence-corrected chi connectivity index (χ3v) is 4.39. The topological polar surface area (TPSA) is 46.7 Å². The largest absolute Gasteiger partial charge is 0.361 e. The van der Waals surface area contributed by atoms with E-state index in [0.717, 1.165) is 13.2 Å². The summed E-state index contributed by atoms with van der Waals surface area (Å²) >= 11 is 0. The van der Waals surface area contributed by atoms with Crippen molar-refractivity contribution in [2.24, 2.45) is 5.10 Å². The Bertz CT molecular complexity index is 659. The van der Waals surface area contributed by atoms with E-state index in [9.17, 15) is 0 Å². The minimum atomic E-state index is 0.648. The van der Waals surface area contributed by atoms with E-state index in [0.29, 0.717) is 5.92 Å². The van der Waals surface area contributed by atoms with E-state index in [2.05, 4.69) is 56.8 Å². The van der Waals surface area contributed by atoms with Crippen LogP contribution in [0.2, 0.25) is 0 Å². The van der Waals surface area contributed by atoms with Crippen LogP contribution < -0.4 is 10.3 Å². The van der Waals surface area contributed by atoms with Gasteiger partial charge in [-0.3, -0.25) is 5.43 Å². The van der Waals surface area contributed by atoms with E-state index in [1.807, 2.05) is 6.34 Å². The number of aromatic nitrogens is 1. The van der Waals surface area contributed by atoms with Gasteiger partial charge < -0.3 is 14.8 Å². The van der Waals surface area contributed by atoms with Gasteiger partial charge in [0.1, 0.15) is 13.0 Å². The number of likely N-dealkylation sites (tertiary alicyclic amines) is 1. The number of rotatable bonds is 2. The lowest BCUT2D eigenvalue weighted by Gasteiger charge is -2.14. The first-order valence-electron chi connectivity index (χ1n) is 7.13. The van der Waals surface area contributed by atoms with Crippen molar-refractivity contribution in [3.63, 3.8) is 0 Å². The molecule has 3 heterocycles. The molecule has 1 aromatic carbocycles. The molecule has 0 spiro atoms. The van der Waals surface area contributed by atoms with Crippen molar-refractivity contribution in [3.05, 3.63) is 30.0 Å². The lowest BCUT2D eigenvalue weighted by atomic mass is 9.97. The molecule has 2 aromatic rings. The number of nitrogens with zero attached hydrogens (tertiary/aromatic N) is 3. The van der Waals surface area contributed by atoms with Crippen molar-refractivity contribution >= 4 is 22.9 Å². The first kappa shape index (κ1) is 11.8. The van der Waals surface area contributed by atoms with Crippen molar-refractivity contribution in [3.8, 4) is 0 Å². The second-order valence-electron chi connectivity index (χ2n) is 5.75. The van der Waals surface area contributed by atoms with Gasteiger partial charge in [-0.15, -0.1) is 0 Å². The molecular weight excluding hydrogens is 250 g/mol. The highest BCUT2D eigenvalue weighted by Gasteiger charge is 2.23. The van der Waals surface area contributed by atoms with Crippen LogP contribution in [0.4, 0.5) is 5.69 Å². The smallest absolute Gasteiger partial charge is 0.117 e. The summed E-state index contributed by atoms with van der Waals surface area (Å²) < 4.78 is 0. The average Bonchev–Trinajstić information content (AvgIpc) is 3.17. The summed E-state index contributed by atoms with van der Waals surface area (Å²) in [6.45, 7) is 3.10. The Morgan fingerprint density at radius 2 is 2.30 bits per heavy atom. The zero-order chi connectivity index (χ0) is 13.5. The fourth-order valence-electron chi connectivity index (χ4n) is 3.26. The van der Waals surface area contributed by atoms with Gasteiger partial charge in [0, 0.05) is 29.3 Å². The Kier molecular flexibility index (Phi) is 2.67. The molecule has 5 heteroatoms. The van der Waals surface area contributed by atoms with Crippen LogP contribution in [0.1, 0.15) is 17.9 Å². The van der Waals surface area contributed by atoms with Crippen molar-refractivity contribution in [2.75, 3.05) is 31.7 Å². The van der Waals surface area contributed by atoms with E-state index < -0.39 is 0 Å². The van der Waals surface area contributed by atoms with E-state index in [1.165, 1.54) is 35.1 Å². The van der Waals surface area contributed by atoms with Gasteiger partial charge >= 0.3 is 0 Å². The molecule has 2 N–H and O–H groups in total. The summed E-state index contributed by atoms with van der Waals surface area (Å²) in [4.78, 5) is 7.94. The first-order valence-corrected chi connectivity index (χ1v) is 7.13. The first-order chi connectivity index (χ1) is 9.81. The van der Waals surface area contributed by atoms with Crippen LogP contribution in [-0.4, -0.2) is 43.0 Å². The number of fused-ring (bicyclic) bond motifs is 1. The van der Waals surface area contributed by atoms with Gasteiger partial charge in [-0.2, -0.15) is 5.10 Å². The number of anilines is 1. The molecule has 0 amide bonds. The minimum absolute atomic E-state index is 0.648. The maximum Gasteiger partial charge on any atom is 0.117 e. The standard InChI is InChI=1S/C15H19N5/c1-19-5-4-11(8-19)14-7-16-15-3-2-12(6-13(14)15)20-9-17-18-10-20/h2-3,6-7,9,11,16,18H,4-5,8,10H2,1H3. The summed E-state index contributed by atoms with van der Waals surface area (Å²) in [6, 6.07) is 6.58. The Labute approximate surface area is 118 Å². The van der Waals surface area contributed by atoms with Gasteiger partial charge in [-0.1, -0.05) is 0 Å². The zero-order valence-corrected chi connectivity index (χ0v) is 11.6. The summed E-state index contributed by atoms with van der Waals surface area (Å²) in [6.07, 6.45) is 5.28. The predicted molar refractivity (Wildman–Crippen MR) is 82.1 cm³/mol. The van der Waals surface area contributed by atoms with E-state index in [1.54, 1.807) is 0 Å². The number of nitrogens with one attached hydrogen (secondary N) is 2. The third kappa shape index (κ3) is 1.86. The van der Waals surface area contributed by atoms with Crippen LogP contribution in [0, 0.1) is 0 Å². The molecule has 5 nitrogen and oxygen atoms in total. The van der Waals surface area contributed by atoms with Gasteiger partial charge in [-0.05, 0) is 49.7 Å². The lowest BCUT2D eigenvalue weighted by molar-refractivity contribution is 0.412. The SMILES string of the molecule is CN1CCC(c2c[nH]c3ccc(N4C=NNC4)cc23)C1. The van der Waals surface area contributed by atoms with E-state index in [4.69, 9.17) is 0 Å². The van der Waals surface area contributed by atoms with Crippen LogP contribution in [0.25, 0.3) is 10.9 Å². The quantitative estimate of drug-likeness (QED) is 0.875. The molecule has 0 bridgehead atoms. The molecule has 0 aliphatic carbocycles. The summed E-state index contributed by atoms with van der Waals surface area (Å²) in [7, 11) is 2.20. The van der Waals surface area contributed by atoms with Gasteiger partial charge in [-0.25, -0.2) is 0 Å². The maximum absolute atomic E-state index is 4.06. The fraction of sp³-hybridized carbons (Fsp3) is 0.400. The van der Waals surface area contributed by atoms with Crippen molar-refractivity contribution < 1.29 is 0 Å². The van der Waals surface area contributed by atoms with Crippen molar-refractivity contribution in [1.82, 2.24) is 15.3 Å². The number of aromatic amines is 1. The molecule has 1 aromatic heterocycles. The minimum Gasteiger partial charge on any atom is -0.361 e. The van der Waals surface area contributed by atoms with Gasteiger partial charge in [0.15, 0.2) is 0 Å². The highest BCUT2D eigenvalue weighted by molar-refractivity contribution is 5.90. The lowest BCUT2D eigenvalue weighted by Crippen LogP contribution is -2.22. The van der Waals surface area contributed by atoms with Crippen molar-refractivity contribution in [1.29, 1.82) is 0 Å². The van der Waals surface area contributed by atoms with E-state index in [-0.39, 0.29) is 0 Å². The molecule has 2 aliphatic rings. The molecular formula is C15H19N5. The van der Waals surface area contributed by atoms with Crippen LogP contribution >= 0.6 is 0 Å². The zero-order valence-electron chi connectivity index (χ0n) is 11.6. The van der Waals surface area contributed by atoms with Crippen LogP contribution in [-0.2, 0) is 0 Å². The monoisotopic (exact) mass is 269 g/mol. The summed E-state index contributed by atoms with van der Waals surface area (Å²) in [5.41, 5.74) is 6.84. The highest BCUT2D eigenvalue weighted by atomic mass is 15.5. The average molecular weight is 269 g/mol. The molecule has 1 unspecified atom stereocenters. The second kappa shape index (κ2) is 4.52. The van der Waals surface area contributed by atoms with Crippen molar-refractivity contribution in [2.45, 2.75) is 12.3 Å². The molecule has 1 fully saturated rings. The van der Waals surface area contributed by atoms with E-state index >= 15 is 0 Å². The Morgan fingerprint density at radius 3 is 3.05 bits per heavy atom. The number of benzene rings is 1. The number of hydrazone groups is 1.